The van der Waals surface area contributed by atoms with Crippen LogP contribution in [0.15, 0.2) is 71.6 Å². The number of nitrogens with two attached hydrogens (primary N) is 1. The number of rotatable bonds is 8. The van der Waals surface area contributed by atoms with E-state index in [0.717, 1.165) is 21.7 Å². The highest BCUT2D eigenvalue weighted by Crippen LogP contribution is 2.52. The number of carbonyl (C=O) groups is 1. The zero-order valence-electron chi connectivity index (χ0n) is 18.8. The van der Waals surface area contributed by atoms with E-state index in [-0.39, 0.29) is 19.1 Å². The van der Waals surface area contributed by atoms with E-state index in [0.29, 0.717) is 22.4 Å². The van der Waals surface area contributed by atoms with Crippen LogP contribution in [-0.2, 0) is 22.7 Å². The fourth-order valence-corrected chi connectivity index (χ4v) is 5.33. The van der Waals surface area contributed by atoms with Crippen molar-refractivity contribution < 1.29 is 14.3 Å². The Kier molecular flexibility index (Phi) is 7.60. The van der Waals surface area contributed by atoms with E-state index < -0.39 is 5.06 Å². The predicted molar refractivity (Wildman–Crippen MR) is 137 cm³/mol. The molecule has 0 saturated carbocycles. The highest BCUT2D eigenvalue weighted by Gasteiger charge is 2.46. The lowest BCUT2D eigenvalue weighted by atomic mass is 10.2. The summed E-state index contributed by atoms with van der Waals surface area (Å²) in [6.07, 6.45) is 0. The van der Waals surface area contributed by atoms with Crippen LogP contribution in [0.25, 0.3) is 0 Å². The number of thioether (sulfide) groups is 1. The lowest BCUT2D eigenvalue weighted by molar-refractivity contribution is -0.132. The Morgan fingerprint density at radius 2 is 1.65 bits per heavy atom. The number of hydrogen-bond acceptors (Lipinski definition) is 6. The first-order valence-electron chi connectivity index (χ1n) is 10.7. The number of nitrogens with zero attached hydrogens (tertiary/aromatic N) is 2. The minimum Gasteiger partial charge on any atom is -0.489 e. The molecule has 1 heterocycles. The van der Waals surface area contributed by atoms with Crippen molar-refractivity contribution in [1.82, 2.24) is 5.01 Å². The molecule has 1 atom stereocenters. The molecule has 0 fully saturated rings. The molecular weight excluding hydrogens is 493 g/mol. The monoisotopic (exact) mass is 517 g/mol. The third-order valence-corrected chi connectivity index (χ3v) is 7.44. The van der Waals surface area contributed by atoms with Gasteiger partial charge in [0.25, 0.3) is 5.91 Å². The Morgan fingerprint density at radius 1 is 1.03 bits per heavy atom. The van der Waals surface area contributed by atoms with Gasteiger partial charge in [0.15, 0.2) is 0 Å². The van der Waals surface area contributed by atoms with E-state index >= 15 is 0 Å². The Bertz CT molecular complexity index is 1200. The molecule has 34 heavy (non-hydrogen) atoms. The molecule has 0 radical (unpaired) electrons. The summed E-state index contributed by atoms with van der Waals surface area (Å²) in [5.41, 5.74) is 8.23. The van der Waals surface area contributed by atoms with Gasteiger partial charge in [-0.25, -0.2) is 5.01 Å². The summed E-state index contributed by atoms with van der Waals surface area (Å²) in [6, 6.07) is 20.8. The zero-order chi connectivity index (χ0) is 24.3. The molecular formula is C25H25Cl2N3O3S. The van der Waals surface area contributed by atoms with Crippen molar-refractivity contribution >= 4 is 46.6 Å². The Labute approximate surface area is 213 Å². The molecule has 1 aliphatic heterocycles. The molecule has 4 rings (SSSR count). The highest BCUT2D eigenvalue weighted by atomic mass is 35.5. The van der Waals surface area contributed by atoms with Crippen LogP contribution in [0.4, 0.5) is 5.69 Å². The smallest absolute Gasteiger partial charge is 0.254 e. The van der Waals surface area contributed by atoms with Crippen LogP contribution in [0.5, 0.6) is 5.75 Å². The number of benzene rings is 3. The minimum absolute atomic E-state index is 0.118. The number of ether oxygens (including phenoxy) is 2. The van der Waals surface area contributed by atoms with Gasteiger partial charge in [0.2, 0.25) is 5.06 Å². The maximum atomic E-state index is 12.5. The number of hydrazine groups is 1. The van der Waals surface area contributed by atoms with Crippen LogP contribution >= 0.6 is 35.0 Å². The molecule has 1 aliphatic rings. The van der Waals surface area contributed by atoms with Gasteiger partial charge in [0, 0.05) is 27.6 Å². The van der Waals surface area contributed by atoms with Gasteiger partial charge in [-0.15, -0.1) is 0 Å². The first-order chi connectivity index (χ1) is 16.3. The van der Waals surface area contributed by atoms with E-state index in [4.69, 9.17) is 38.4 Å². The van der Waals surface area contributed by atoms with Gasteiger partial charge in [-0.05, 0) is 42.8 Å². The van der Waals surface area contributed by atoms with E-state index in [1.807, 2.05) is 78.7 Å². The van der Waals surface area contributed by atoms with E-state index in [9.17, 15) is 4.79 Å². The van der Waals surface area contributed by atoms with Crippen LogP contribution in [0.1, 0.15) is 18.1 Å². The third kappa shape index (κ3) is 5.14. The Balaban J connectivity index is 1.59. The van der Waals surface area contributed by atoms with Crippen LogP contribution in [0.3, 0.4) is 0 Å². The van der Waals surface area contributed by atoms with Gasteiger partial charge in [-0.2, -0.15) is 0 Å². The molecule has 178 valence electrons. The van der Waals surface area contributed by atoms with Gasteiger partial charge < -0.3 is 15.2 Å². The summed E-state index contributed by atoms with van der Waals surface area (Å²) in [5, 5.41) is 3.68. The number of hydrogen-bond donors (Lipinski definition) is 1. The molecule has 0 saturated heterocycles. The molecule has 3 aromatic carbocycles. The van der Waals surface area contributed by atoms with Gasteiger partial charge in [-0.3, -0.25) is 9.80 Å². The topological polar surface area (TPSA) is 68.0 Å². The fourth-order valence-electron chi connectivity index (χ4n) is 3.68. The van der Waals surface area contributed by atoms with E-state index in [2.05, 4.69) is 0 Å². The zero-order valence-corrected chi connectivity index (χ0v) is 21.2. The predicted octanol–water partition coefficient (Wildman–Crippen LogP) is 5.71. The standard InChI is InChI=1S/C25H25Cl2N3O3S/c1-25(33-16-18-8-4-6-10-21(18)27)30(29(2)24(31)14-28)22-12-11-19(13-23(22)34-25)32-15-17-7-3-5-9-20(17)26/h3-13H,14-16,28H2,1-2H3. The average Bonchev–Trinajstić information content (AvgIpc) is 3.13. The first kappa shape index (κ1) is 24.7. The lowest BCUT2D eigenvalue weighted by Crippen LogP contribution is -2.55. The quantitative estimate of drug-likeness (QED) is 0.412. The minimum atomic E-state index is -0.914. The Hall–Kier alpha value is -2.42. The normalized spacial score (nSPS) is 16.9. The van der Waals surface area contributed by atoms with Crippen molar-refractivity contribution in [3.05, 3.63) is 87.9 Å². The first-order valence-corrected chi connectivity index (χ1v) is 12.2. The van der Waals surface area contributed by atoms with E-state index in [1.165, 1.54) is 16.8 Å². The maximum Gasteiger partial charge on any atom is 0.254 e. The third-order valence-electron chi connectivity index (χ3n) is 5.48. The second-order valence-electron chi connectivity index (χ2n) is 7.82. The second-order valence-corrected chi connectivity index (χ2v) is 10.0. The van der Waals surface area contributed by atoms with Crippen molar-refractivity contribution in [2.75, 3.05) is 18.6 Å². The van der Waals surface area contributed by atoms with Crippen molar-refractivity contribution in [2.45, 2.75) is 30.1 Å². The number of likely N-dealkylation sites (N-methyl/N-ethyl adjacent to an activating group) is 1. The van der Waals surface area contributed by atoms with Crippen molar-refractivity contribution in [3.8, 4) is 5.75 Å². The van der Waals surface area contributed by atoms with Gasteiger partial charge in [0.05, 0.1) is 18.8 Å². The largest absolute Gasteiger partial charge is 0.489 e. The maximum absolute atomic E-state index is 12.5. The lowest BCUT2D eigenvalue weighted by Gasteiger charge is -2.41. The molecule has 2 N–H and O–H groups in total. The molecule has 6 nitrogen and oxygen atoms in total. The molecule has 0 bridgehead atoms. The molecule has 0 aromatic heterocycles. The summed E-state index contributed by atoms with van der Waals surface area (Å²) in [5.74, 6) is 0.453. The summed E-state index contributed by atoms with van der Waals surface area (Å²) >= 11 is 14.1. The van der Waals surface area contributed by atoms with Crippen molar-refractivity contribution in [1.29, 1.82) is 0 Å². The van der Waals surface area contributed by atoms with Crippen molar-refractivity contribution in [3.63, 3.8) is 0 Å². The number of carbonyl (C=O) groups excluding carboxylic acids is 1. The second kappa shape index (κ2) is 10.5. The van der Waals surface area contributed by atoms with Crippen LogP contribution in [0.2, 0.25) is 10.0 Å². The Morgan fingerprint density at radius 3 is 2.26 bits per heavy atom. The molecule has 9 heteroatoms. The van der Waals surface area contributed by atoms with Gasteiger partial charge in [-0.1, -0.05) is 71.4 Å². The molecule has 1 amide bonds. The van der Waals surface area contributed by atoms with Gasteiger partial charge >= 0.3 is 0 Å². The van der Waals surface area contributed by atoms with Crippen LogP contribution < -0.4 is 15.5 Å². The fraction of sp³-hybridized carbons (Fsp3) is 0.240. The van der Waals surface area contributed by atoms with E-state index in [1.54, 1.807) is 7.05 Å². The summed E-state index contributed by atoms with van der Waals surface area (Å²) < 4.78 is 12.4. The van der Waals surface area contributed by atoms with Crippen LogP contribution in [0, 0.1) is 0 Å². The van der Waals surface area contributed by atoms with Crippen molar-refractivity contribution in [2.24, 2.45) is 5.73 Å². The highest BCUT2D eigenvalue weighted by molar-refractivity contribution is 8.01. The summed E-state index contributed by atoms with van der Waals surface area (Å²) in [4.78, 5) is 13.4. The van der Waals surface area contributed by atoms with Crippen LogP contribution in [-0.4, -0.2) is 29.6 Å². The number of fused-ring (bicyclic) bond motifs is 1. The summed E-state index contributed by atoms with van der Waals surface area (Å²) in [6.45, 7) is 2.42. The number of amides is 1. The SMILES string of the molecule is CN(C(=O)CN)N1c2ccc(OCc3ccccc3Cl)cc2SC1(C)OCc1ccccc1Cl. The molecule has 1 unspecified atom stereocenters. The molecule has 0 aliphatic carbocycles. The summed E-state index contributed by atoms with van der Waals surface area (Å²) in [7, 11) is 1.68. The average molecular weight is 518 g/mol. The number of halogens is 2. The number of anilines is 1. The van der Waals surface area contributed by atoms with Gasteiger partial charge in [0.1, 0.15) is 12.4 Å². The molecule has 3 aromatic rings. The molecule has 0 spiro atoms.